The minimum absolute atomic E-state index is 0.105. The van der Waals surface area contributed by atoms with Gasteiger partial charge < -0.3 is 14.4 Å². The lowest BCUT2D eigenvalue weighted by molar-refractivity contribution is 0.0697. The number of aliphatic imine (C=N–C) groups is 1. The van der Waals surface area contributed by atoms with Gasteiger partial charge in [0.2, 0.25) is 5.88 Å². The van der Waals surface area contributed by atoms with E-state index >= 15 is 4.39 Å². The zero-order valence-corrected chi connectivity index (χ0v) is 23.9. The Kier molecular flexibility index (Phi) is 8.22. The first kappa shape index (κ1) is 29.4. The van der Waals surface area contributed by atoms with Crippen molar-refractivity contribution in [3.05, 3.63) is 124 Å². The van der Waals surface area contributed by atoms with Gasteiger partial charge in [0.25, 0.3) is 0 Å². The molecule has 7 nitrogen and oxygen atoms in total. The van der Waals surface area contributed by atoms with E-state index in [1.54, 1.807) is 37.3 Å². The van der Waals surface area contributed by atoms with Gasteiger partial charge in [-0.2, -0.15) is 5.26 Å². The van der Waals surface area contributed by atoms with E-state index in [0.29, 0.717) is 34.7 Å². The van der Waals surface area contributed by atoms with Crippen LogP contribution in [-0.2, 0) is 24.3 Å². The first-order valence-electron chi connectivity index (χ1n) is 13.8. The van der Waals surface area contributed by atoms with Crippen LogP contribution in [-0.4, -0.2) is 26.3 Å². The minimum Gasteiger partial charge on any atom is -0.478 e. The van der Waals surface area contributed by atoms with E-state index in [0.717, 1.165) is 24.4 Å². The Hall–Kier alpha value is -5.10. The number of carboxylic acids is 1. The van der Waals surface area contributed by atoms with Crippen molar-refractivity contribution in [3.8, 4) is 6.07 Å². The zero-order valence-electron chi connectivity index (χ0n) is 23.9. The smallest absolute Gasteiger partial charge is 0.335 e. The number of allylic oxidation sites excluding steroid dienone is 2. The highest BCUT2D eigenvalue weighted by Gasteiger charge is 2.38. The van der Waals surface area contributed by atoms with E-state index in [9.17, 15) is 14.3 Å². The standard InChI is InChI=1S/C34H30F2N4O3/c1-4-28(39-32(5-2)43-19-25-7-6-21(18-37)14-26(25)35)23-9-8-22(27(36)15-23)17-31-38-29-11-10-24(33(41)42)16-30(29)40(31)20-34(3)12-13-34/h4-11,14-16H,1,12-13,17,19-20H2,2-3H3,(H,41,42)/b32-5+,39-28?. The maximum Gasteiger partial charge on any atom is 0.335 e. The van der Waals surface area contributed by atoms with Gasteiger partial charge in [-0.1, -0.05) is 31.7 Å². The zero-order chi connectivity index (χ0) is 30.7. The Bertz CT molecular complexity index is 1840. The summed E-state index contributed by atoms with van der Waals surface area (Å²) in [5.41, 5.74) is 3.45. The normalized spacial score (nSPS) is 14.4. The van der Waals surface area contributed by atoms with Gasteiger partial charge in [-0.05, 0) is 79.3 Å². The number of nitriles is 1. The van der Waals surface area contributed by atoms with Crippen LogP contribution in [0.2, 0.25) is 0 Å². The van der Waals surface area contributed by atoms with Gasteiger partial charge in [0.15, 0.2) is 0 Å². The van der Waals surface area contributed by atoms with Crippen molar-refractivity contribution in [2.24, 2.45) is 10.4 Å². The predicted octanol–water partition coefficient (Wildman–Crippen LogP) is 7.33. The number of halogens is 2. The van der Waals surface area contributed by atoms with Crippen LogP contribution in [0, 0.1) is 28.4 Å². The van der Waals surface area contributed by atoms with E-state index in [-0.39, 0.29) is 41.0 Å². The van der Waals surface area contributed by atoms with Gasteiger partial charge in [0, 0.05) is 24.1 Å². The van der Waals surface area contributed by atoms with Crippen LogP contribution in [0.5, 0.6) is 0 Å². The second-order valence-electron chi connectivity index (χ2n) is 11.0. The number of rotatable bonds is 11. The van der Waals surface area contributed by atoms with E-state index < -0.39 is 17.6 Å². The summed E-state index contributed by atoms with van der Waals surface area (Å²) in [6, 6.07) is 15.7. The van der Waals surface area contributed by atoms with Crippen molar-refractivity contribution in [2.45, 2.75) is 46.3 Å². The second-order valence-corrected chi connectivity index (χ2v) is 11.0. The molecule has 43 heavy (non-hydrogen) atoms. The summed E-state index contributed by atoms with van der Waals surface area (Å²) in [7, 11) is 0. The van der Waals surface area contributed by atoms with Crippen LogP contribution in [0.3, 0.4) is 0 Å². The van der Waals surface area contributed by atoms with Gasteiger partial charge >= 0.3 is 5.97 Å². The summed E-state index contributed by atoms with van der Waals surface area (Å²) >= 11 is 0. The molecule has 4 aromatic rings. The number of hydrogen-bond acceptors (Lipinski definition) is 5. The molecule has 1 fully saturated rings. The first-order valence-corrected chi connectivity index (χ1v) is 13.8. The number of fused-ring (bicyclic) bond motifs is 1. The third-order valence-corrected chi connectivity index (χ3v) is 7.64. The number of imidazole rings is 1. The van der Waals surface area contributed by atoms with Crippen LogP contribution in [0.25, 0.3) is 11.0 Å². The highest BCUT2D eigenvalue weighted by molar-refractivity contribution is 6.08. The van der Waals surface area contributed by atoms with Crippen LogP contribution < -0.4 is 0 Å². The Morgan fingerprint density at radius 2 is 1.86 bits per heavy atom. The molecule has 1 aliphatic rings. The Balaban J connectivity index is 1.38. The summed E-state index contributed by atoms with van der Waals surface area (Å²) in [6.07, 6.45) is 5.45. The molecule has 0 saturated heterocycles. The summed E-state index contributed by atoms with van der Waals surface area (Å²) in [5.74, 6) is -1.15. The fraction of sp³-hybridized carbons (Fsp3) is 0.235. The average Bonchev–Trinajstić information content (AvgIpc) is 3.64. The molecular formula is C34H30F2N4O3. The highest BCUT2D eigenvalue weighted by Crippen LogP contribution is 2.47. The predicted molar refractivity (Wildman–Crippen MR) is 160 cm³/mol. The maximum atomic E-state index is 15.5. The fourth-order valence-electron chi connectivity index (χ4n) is 4.80. The summed E-state index contributed by atoms with van der Waals surface area (Å²) in [5, 5.41) is 18.4. The van der Waals surface area contributed by atoms with Crippen LogP contribution in [0.15, 0.2) is 84.2 Å². The topological polar surface area (TPSA) is 100 Å². The molecule has 1 N–H and O–H groups in total. The minimum atomic E-state index is -1.01. The van der Waals surface area contributed by atoms with Gasteiger partial charge in [0.1, 0.15) is 24.1 Å². The lowest BCUT2D eigenvalue weighted by atomic mass is 10.0. The van der Waals surface area contributed by atoms with Crippen molar-refractivity contribution < 1.29 is 23.4 Å². The van der Waals surface area contributed by atoms with Gasteiger partial charge in [-0.25, -0.2) is 23.6 Å². The molecule has 1 heterocycles. The molecule has 0 amide bonds. The van der Waals surface area contributed by atoms with Gasteiger partial charge in [-0.3, -0.25) is 0 Å². The molecule has 0 atom stereocenters. The summed E-state index contributed by atoms with van der Waals surface area (Å²) in [6.45, 7) is 8.27. The SMILES string of the molecule is C=CC(=N/C(=C\C)OCc1ccc(C#N)cc1F)c1ccc(Cc2nc3ccc(C(=O)O)cc3n2CC2(C)CC2)c(F)c1. The molecule has 218 valence electrons. The molecule has 3 aromatic carbocycles. The molecule has 1 aliphatic carbocycles. The molecule has 5 rings (SSSR count). The Labute approximate surface area is 248 Å². The van der Waals surface area contributed by atoms with E-state index in [1.807, 2.05) is 10.6 Å². The number of hydrogen-bond donors (Lipinski definition) is 1. The Morgan fingerprint density at radius 3 is 2.49 bits per heavy atom. The average molecular weight is 581 g/mol. The molecule has 9 heteroatoms. The number of ether oxygens (including phenoxy) is 1. The molecule has 0 radical (unpaired) electrons. The number of nitrogens with zero attached hydrogens (tertiary/aromatic N) is 4. The molecule has 0 unspecified atom stereocenters. The number of aromatic carboxylic acids is 1. The van der Waals surface area contributed by atoms with E-state index in [1.165, 1.54) is 30.3 Å². The van der Waals surface area contributed by atoms with Crippen molar-refractivity contribution >= 4 is 22.7 Å². The van der Waals surface area contributed by atoms with Crippen molar-refractivity contribution in [3.63, 3.8) is 0 Å². The highest BCUT2D eigenvalue weighted by atomic mass is 19.1. The molecule has 0 spiro atoms. The van der Waals surface area contributed by atoms with Crippen LogP contribution in [0.4, 0.5) is 8.78 Å². The summed E-state index contributed by atoms with van der Waals surface area (Å²) in [4.78, 5) is 20.8. The fourth-order valence-corrected chi connectivity index (χ4v) is 4.80. The molecule has 1 saturated carbocycles. The first-order chi connectivity index (χ1) is 20.6. The second kappa shape index (κ2) is 12.0. The van der Waals surface area contributed by atoms with Crippen molar-refractivity contribution in [2.75, 3.05) is 0 Å². The number of aromatic nitrogens is 2. The molecular weight excluding hydrogens is 550 g/mol. The van der Waals surface area contributed by atoms with Crippen LogP contribution >= 0.6 is 0 Å². The van der Waals surface area contributed by atoms with E-state index in [4.69, 9.17) is 15.0 Å². The quantitative estimate of drug-likeness (QED) is 0.148. The van der Waals surface area contributed by atoms with Crippen molar-refractivity contribution in [1.29, 1.82) is 5.26 Å². The monoisotopic (exact) mass is 580 g/mol. The lowest BCUT2D eigenvalue weighted by Gasteiger charge is -2.15. The van der Waals surface area contributed by atoms with Crippen LogP contribution in [0.1, 0.15) is 65.1 Å². The lowest BCUT2D eigenvalue weighted by Crippen LogP contribution is -2.12. The molecule has 1 aromatic heterocycles. The van der Waals surface area contributed by atoms with Gasteiger partial charge in [-0.15, -0.1) is 0 Å². The van der Waals surface area contributed by atoms with Gasteiger partial charge in [0.05, 0.1) is 33.9 Å². The number of carbonyl (C=O) groups is 1. The number of benzene rings is 3. The third kappa shape index (κ3) is 6.54. The van der Waals surface area contributed by atoms with E-state index in [2.05, 4.69) is 18.5 Å². The summed E-state index contributed by atoms with van der Waals surface area (Å²) < 4.78 is 37.5. The number of carboxylic acid groups (broad SMARTS) is 1. The largest absolute Gasteiger partial charge is 0.478 e. The van der Waals surface area contributed by atoms with Crippen molar-refractivity contribution in [1.82, 2.24) is 9.55 Å². The molecule has 0 aliphatic heterocycles. The Morgan fingerprint density at radius 1 is 1.14 bits per heavy atom. The third-order valence-electron chi connectivity index (χ3n) is 7.64. The molecule has 0 bridgehead atoms. The maximum absolute atomic E-state index is 15.5.